The van der Waals surface area contributed by atoms with Gasteiger partial charge in [-0.1, -0.05) is 6.07 Å². The van der Waals surface area contributed by atoms with E-state index in [1.165, 1.54) is 19.3 Å². The number of carbonyl (C=O) groups excluding carboxylic acids is 1. The number of piperidine rings is 1. The van der Waals surface area contributed by atoms with Crippen molar-refractivity contribution in [3.05, 3.63) is 48.2 Å². The van der Waals surface area contributed by atoms with Crippen LogP contribution in [0.2, 0.25) is 0 Å². The Bertz CT molecular complexity index is 716. The number of amides is 2. The molecule has 0 unspecified atom stereocenters. The van der Waals surface area contributed by atoms with Crippen LogP contribution >= 0.6 is 11.8 Å². The highest BCUT2D eigenvalue weighted by Gasteiger charge is 2.12. The van der Waals surface area contributed by atoms with Gasteiger partial charge in [0.05, 0.1) is 0 Å². The summed E-state index contributed by atoms with van der Waals surface area (Å²) >= 11 is 1.65. The maximum Gasteiger partial charge on any atom is 0.319 e. The van der Waals surface area contributed by atoms with Gasteiger partial charge in [-0.15, -0.1) is 11.8 Å². The number of urea groups is 1. The van der Waals surface area contributed by atoms with Gasteiger partial charge in [0.2, 0.25) is 0 Å². The summed E-state index contributed by atoms with van der Waals surface area (Å²) in [7, 11) is 0. The number of hydrogen-bond donors (Lipinski definition) is 2. The van der Waals surface area contributed by atoms with E-state index in [1.807, 2.05) is 42.8 Å². The zero-order chi connectivity index (χ0) is 17.5. The molecule has 0 bridgehead atoms. The lowest BCUT2D eigenvalue weighted by atomic mass is 10.1. The lowest BCUT2D eigenvalue weighted by molar-refractivity contribution is 0.251. The maximum absolute atomic E-state index is 12.1. The van der Waals surface area contributed by atoms with Gasteiger partial charge < -0.3 is 15.5 Å². The molecule has 25 heavy (non-hydrogen) atoms. The van der Waals surface area contributed by atoms with E-state index in [9.17, 15) is 4.79 Å². The molecule has 2 aromatic rings. The molecule has 2 amide bonds. The Morgan fingerprint density at radius 3 is 2.84 bits per heavy atom. The summed E-state index contributed by atoms with van der Waals surface area (Å²) in [6.45, 7) is 2.61. The molecule has 0 atom stereocenters. The van der Waals surface area contributed by atoms with E-state index in [4.69, 9.17) is 0 Å². The van der Waals surface area contributed by atoms with Gasteiger partial charge >= 0.3 is 6.03 Å². The van der Waals surface area contributed by atoms with Gasteiger partial charge in [-0.05, 0) is 61.4 Å². The molecular weight excluding hydrogens is 332 g/mol. The first-order valence-electron chi connectivity index (χ1n) is 8.63. The average Bonchev–Trinajstić information content (AvgIpc) is 2.67. The predicted molar refractivity (Wildman–Crippen MR) is 104 cm³/mol. The number of aromatic nitrogens is 1. The number of hydrogen-bond acceptors (Lipinski definition) is 4. The van der Waals surface area contributed by atoms with Crippen molar-refractivity contribution in [3.8, 4) is 0 Å². The normalized spacial score (nSPS) is 14.2. The highest BCUT2D eigenvalue weighted by Crippen LogP contribution is 2.19. The number of pyridine rings is 1. The second-order valence-electron chi connectivity index (χ2n) is 6.11. The van der Waals surface area contributed by atoms with Crippen molar-refractivity contribution in [2.45, 2.75) is 30.7 Å². The molecule has 3 rings (SSSR count). The Morgan fingerprint density at radius 1 is 1.20 bits per heavy atom. The smallest absolute Gasteiger partial charge is 0.319 e. The Labute approximate surface area is 153 Å². The number of nitrogens with zero attached hydrogens (tertiary/aromatic N) is 2. The summed E-state index contributed by atoms with van der Waals surface area (Å²) in [5.74, 6) is 1.01. The van der Waals surface area contributed by atoms with Crippen LogP contribution in [0.5, 0.6) is 0 Å². The molecule has 1 saturated heterocycles. The van der Waals surface area contributed by atoms with Crippen LogP contribution in [0.25, 0.3) is 0 Å². The lowest BCUT2D eigenvalue weighted by Crippen LogP contribution is -2.31. The molecule has 0 aliphatic carbocycles. The van der Waals surface area contributed by atoms with Gasteiger partial charge in [-0.3, -0.25) is 0 Å². The Kier molecular flexibility index (Phi) is 6.17. The van der Waals surface area contributed by atoms with Crippen LogP contribution in [0.15, 0.2) is 47.5 Å². The molecule has 1 fully saturated rings. The molecule has 0 spiro atoms. The minimum atomic E-state index is -0.199. The third-order valence-electron chi connectivity index (χ3n) is 4.27. The van der Waals surface area contributed by atoms with E-state index < -0.39 is 0 Å². The molecule has 1 aliphatic rings. The highest BCUT2D eigenvalue weighted by molar-refractivity contribution is 7.98. The number of benzene rings is 1. The molecule has 1 aliphatic heterocycles. The summed E-state index contributed by atoms with van der Waals surface area (Å²) in [6, 6.07) is 11.6. The summed E-state index contributed by atoms with van der Waals surface area (Å²) in [5, 5.41) is 5.79. The number of anilines is 2. The first kappa shape index (κ1) is 17.6. The van der Waals surface area contributed by atoms with E-state index in [-0.39, 0.29) is 6.03 Å². The predicted octanol–water partition coefficient (Wildman–Crippen LogP) is 4.12. The molecule has 2 N–H and O–H groups in total. The molecule has 5 nitrogen and oxygen atoms in total. The van der Waals surface area contributed by atoms with Gasteiger partial charge in [0.15, 0.2) is 0 Å². The Morgan fingerprint density at radius 2 is 2.04 bits per heavy atom. The van der Waals surface area contributed by atoms with Gasteiger partial charge in [0.1, 0.15) is 5.82 Å². The van der Waals surface area contributed by atoms with Crippen LogP contribution < -0.4 is 15.5 Å². The molecule has 132 valence electrons. The largest absolute Gasteiger partial charge is 0.357 e. The standard InChI is InChI=1S/C19H24N4OS/c1-25-17-7-5-6-16(13-17)22-19(24)21-14-15-8-9-20-18(12-15)23-10-3-2-4-11-23/h5-9,12-13H,2-4,10-11,14H2,1H3,(H2,21,22,24). The summed E-state index contributed by atoms with van der Waals surface area (Å²) in [5.41, 5.74) is 1.86. The van der Waals surface area contributed by atoms with Crippen molar-refractivity contribution in [2.24, 2.45) is 0 Å². The van der Waals surface area contributed by atoms with Crippen molar-refractivity contribution in [1.82, 2.24) is 10.3 Å². The van der Waals surface area contributed by atoms with Gasteiger partial charge in [0.25, 0.3) is 0 Å². The quantitative estimate of drug-likeness (QED) is 0.792. The van der Waals surface area contributed by atoms with Crippen LogP contribution in [0, 0.1) is 0 Å². The van der Waals surface area contributed by atoms with Crippen LogP contribution in [-0.4, -0.2) is 30.4 Å². The van der Waals surface area contributed by atoms with E-state index >= 15 is 0 Å². The highest BCUT2D eigenvalue weighted by atomic mass is 32.2. The van der Waals surface area contributed by atoms with Crippen molar-refractivity contribution < 1.29 is 4.79 Å². The van der Waals surface area contributed by atoms with E-state index in [0.717, 1.165) is 35.1 Å². The van der Waals surface area contributed by atoms with Crippen molar-refractivity contribution in [1.29, 1.82) is 0 Å². The second kappa shape index (κ2) is 8.76. The summed E-state index contributed by atoms with van der Waals surface area (Å²) in [4.78, 5) is 20.0. The number of nitrogens with one attached hydrogen (secondary N) is 2. The SMILES string of the molecule is CSc1cccc(NC(=O)NCc2ccnc(N3CCCCC3)c2)c1. The third-order valence-corrected chi connectivity index (χ3v) is 5.00. The summed E-state index contributed by atoms with van der Waals surface area (Å²) in [6.07, 6.45) is 7.59. The molecule has 1 aromatic carbocycles. The van der Waals surface area contributed by atoms with Crippen LogP contribution in [-0.2, 0) is 6.54 Å². The second-order valence-corrected chi connectivity index (χ2v) is 6.99. The minimum Gasteiger partial charge on any atom is -0.357 e. The first-order chi connectivity index (χ1) is 12.2. The molecule has 0 radical (unpaired) electrons. The van der Waals surface area contributed by atoms with E-state index in [2.05, 4.69) is 26.6 Å². The fourth-order valence-corrected chi connectivity index (χ4v) is 3.38. The fraction of sp³-hybridized carbons (Fsp3) is 0.368. The van der Waals surface area contributed by atoms with Crippen LogP contribution in [0.4, 0.5) is 16.3 Å². The number of carbonyl (C=O) groups is 1. The van der Waals surface area contributed by atoms with Crippen molar-refractivity contribution in [2.75, 3.05) is 29.6 Å². The lowest BCUT2D eigenvalue weighted by Gasteiger charge is -2.27. The number of rotatable bonds is 5. The zero-order valence-electron chi connectivity index (χ0n) is 14.5. The molecule has 2 heterocycles. The molecule has 1 aromatic heterocycles. The number of thioether (sulfide) groups is 1. The minimum absolute atomic E-state index is 0.199. The first-order valence-corrected chi connectivity index (χ1v) is 9.86. The molecule has 6 heteroatoms. The van der Waals surface area contributed by atoms with Gasteiger partial charge in [-0.2, -0.15) is 0 Å². The van der Waals surface area contributed by atoms with Crippen molar-refractivity contribution >= 4 is 29.3 Å². The van der Waals surface area contributed by atoms with Crippen molar-refractivity contribution in [3.63, 3.8) is 0 Å². The monoisotopic (exact) mass is 356 g/mol. The topological polar surface area (TPSA) is 57.3 Å². The van der Waals surface area contributed by atoms with E-state index in [0.29, 0.717) is 6.54 Å². The molecule has 0 saturated carbocycles. The summed E-state index contributed by atoms with van der Waals surface area (Å²) < 4.78 is 0. The maximum atomic E-state index is 12.1. The van der Waals surface area contributed by atoms with Gasteiger partial charge in [0, 0.05) is 36.4 Å². The third kappa shape index (κ3) is 5.13. The van der Waals surface area contributed by atoms with E-state index in [1.54, 1.807) is 11.8 Å². The molecular formula is C19H24N4OS. The van der Waals surface area contributed by atoms with Crippen LogP contribution in [0.1, 0.15) is 24.8 Å². The fourth-order valence-electron chi connectivity index (χ4n) is 2.92. The van der Waals surface area contributed by atoms with Crippen LogP contribution in [0.3, 0.4) is 0 Å². The zero-order valence-corrected chi connectivity index (χ0v) is 15.3. The Balaban J connectivity index is 1.54. The average molecular weight is 356 g/mol. The van der Waals surface area contributed by atoms with Gasteiger partial charge in [-0.25, -0.2) is 9.78 Å². The Hall–Kier alpha value is -2.21.